The average Bonchev–Trinajstić information content (AvgIpc) is 2.82. The van der Waals surface area contributed by atoms with Gasteiger partial charge in [0, 0.05) is 22.5 Å². The van der Waals surface area contributed by atoms with E-state index in [1.165, 1.54) is 30.6 Å². The number of nitrogens with zero attached hydrogens (tertiary/aromatic N) is 1. The molecule has 2 aromatic rings. The Kier molecular flexibility index (Phi) is 4.92. The molecule has 20 heavy (non-hydrogen) atoms. The summed E-state index contributed by atoms with van der Waals surface area (Å²) in [6.07, 6.45) is 0.792. The van der Waals surface area contributed by atoms with Crippen LogP contribution in [0, 0.1) is 5.82 Å². The molecule has 0 fully saturated rings. The van der Waals surface area contributed by atoms with Gasteiger partial charge in [-0.1, -0.05) is 11.6 Å². The second-order valence-corrected chi connectivity index (χ2v) is 5.30. The number of halogens is 2. The lowest BCUT2D eigenvalue weighted by atomic mass is 10.2. The highest BCUT2D eigenvalue weighted by Crippen LogP contribution is 2.24. The number of carbonyl (C=O) groups excluding carboxylic acids is 1. The van der Waals surface area contributed by atoms with Crippen molar-refractivity contribution in [2.24, 2.45) is 0 Å². The molecule has 0 atom stereocenters. The maximum atomic E-state index is 13.2. The van der Waals surface area contributed by atoms with Gasteiger partial charge in [0.15, 0.2) is 5.13 Å². The van der Waals surface area contributed by atoms with Crippen LogP contribution >= 0.6 is 22.9 Å². The predicted octanol–water partition coefficient (Wildman–Crippen LogP) is 3.78. The first kappa shape index (κ1) is 14.7. The number of benzene rings is 1. The number of anilines is 2. The maximum absolute atomic E-state index is 13.2. The third-order valence-corrected chi connectivity index (χ3v) is 3.50. The average molecular weight is 315 g/mol. The quantitative estimate of drug-likeness (QED) is 0.853. The van der Waals surface area contributed by atoms with Crippen molar-refractivity contribution in [2.75, 3.05) is 12.4 Å². The van der Waals surface area contributed by atoms with Gasteiger partial charge in [0.2, 0.25) is 0 Å². The van der Waals surface area contributed by atoms with Crippen molar-refractivity contribution in [2.45, 2.75) is 12.8 Å². The number of aromatic nitrogens is 1. The smallest absolute Gasteiger partial charge is 0.305 e. The summed E-state index contributed by atoms with van der Waals surface area (Å²) in [6.45, 7) is 0. The van der Waals surface area contributed by atoms with Gasteiger partial charge in [-0.2, -0.15) is 0 Å². The van der Waals surface area contributed by atoms with Gasteiger partial charge in [-0.3, -0.25) is 4.79 Å². The number of nitrogens with one attached hydrogen (secondary N) is 1. The molecule has 0 aliphatic heterocycles. The van der Waals surface area contributed by atoms with Gasteiger partial charge < -0.3 is 10.1 Å². The molecule has 0 radical (unpaired) electrons. The molecule has 0 aliphatic carbocycles. The number of hydrogen-bond acceptors (Lipinski definition) is 5. The minimum Gasteiger partial charge on any atom is -0.469 e. The van der Waals surface area contributed by atoms with Crippen LogP contribution in [0.25, 0.3) is 0 Å². The zero-order valence-electron chi connectivity index (χ0n) is 10.7. The Bertz CT molecular complexity index is 598. The summed E-state index contributed by atoms with van der Waals surface area (Å²) in [7, 11) is 1.35. The first-order valence-electron chi connectivity index (χ1n) is 5.81. The van der Waals surface area contributed by atoms with Crippen LogP contribution in [0.5, 0.6) is 0 Å². The molecule has 1 heterocycles. The van der Waals surface area contributed by atoms with Gasteiger partial charge in [-0.25, -0.2) is 9.37 Å². The molecule has 0 amide bonds. The Labute approximate surface area is 124 Å². The molecule has 4 nitrogen and oxygen atoms in total. The fourth-order valence-electron chi connectivity index (χ4n) is 1.56. The third-order valence-electron chi connectivity index (χ3n) is 2.48. The van der Waals surface area contributed by atoms with E-state index in [9.17, 15) is 9.18 Å². The van der Waals surface area contributed by atoms with E-state index in [2.05, 4.69) is 15.0 Å². The van der Waals surface area contributed by atoms with E-state index in [-0.39, 0.29) is 12.4 Å². The summed E-state index contributed by atoms with van der Waals surface area (Å²) in [6, 6.07) is 4.18. The van der Waals surface area contributed by atoms with Crippen molar-refractivity contribution in [1.29, 1.82) is 0 Å². The SMILES string of the molecule is COC(=O)CCc1csc(Nc2cc(F)cc(Cl)c2)n1. The van der Waals surface area contributed by atoms with Crippen LogP contribution in [-0.2, 0) is 16.0 Å². The van der Waals surface area contributed by atoms with Crippen LogP contribution in [0.15, 0.2) is 23.6 Å². The van der Waals surface area contributed by atoms with Crippen LogP contribution < -0.4 is 5.32 Å². The Balaban J connectivity index is 2.00. The number of esters is 1. The minimum absolute atomic E-state index is 0.274. The van der Waals surface area contributed by atoms with Crippen molar-refractivity contribution in [3.8, 4) is 0 Å². The highest BCUT2D eigenvalue weighted by Gasteiger charge is 2.07. The van der Waals surface area contributed by atoms with Crippen LogP contribution in [0.2, 0.25) is 5.02 Å². The van der Waals surface area contributed by atoms with Gasteiger partial charge in [-0.05, 0) is 18.2 Å². The standard InChI is InChI=1S/C13H12ClFN2O2S/c1-19-12(18)3-2-10-7-20-13(16-10)17-11-5-8(14)4-9(15)6-11/h4-7H,2-3H2,1H3,(H,16,17). The molecule has 106 valence electrons. The largest absolute Gasteiger partial charge is 0.469 e. The van der Waals surface area contributed by atoms with Crippen molar-refractivity contribution in [3.63, 3.8) is 0 Å². The monoisotopic (exact) mass is 314 g/mol. The summed E-state index contributed by atoms with van der Waals surface area (Å²) in [5, 5.41) is 5.75. The van der Waals surface area contributed by atoms with Gasteiger partial charge in [-0.15, -0.1) is 11.3 Å². The summed E-state index contributed by atoms with van der Waals surface area (Å²) in [5.74, 6) is -0.688. The zero-order valence-corrected chi connectivity index (χ0v) is 12.2. The molecule has 1 aromatic heterocycles. The number of hydrogen-bond donors (Lipinski definition) is 1. The Hall–Kier alpha value is -1.66. The zero-order chi connectivity index (χ0) is 14.5. The Morgan fingerprint density at radius 3 is 3.00 bits per heavy atom. The Morgan fingerprint density at radius 2 is 2.30 bits per heavy atom. The van der Waals surface area contributed by atoms with Gasteiger partial charge in [0.1, 0.15) is 5.82 Å². The van der Waals surface area contributed by atoms with Crippen molar-refractivity contribution in [1.82, 2.24) is 4.98 Å². The number of thiazole rings is 1. The lowest BCUT2D eigenvalue weighted by Crippen LogP contribution is -2.02. The normalized spacial score (nSPS) is 10.3. The molecular formula is C13H12ClFN2O2S. The molecule has 1 aromatic carbocycles. The van der Waals surface area contributed by atoms with Crippen LogP contribution in [0.3, 0.4) is 0 Å². The highest BCUT2D eigenvalue weighted by atomic mass is 35.5. The second-order valence-electron chi connectivity index (χ2n) is 4.00. The van der Waals surface area contributed by atoms with E-state index in [1.807, 2.05) is 5.38 Å². The van der Waals surface area contributed by atoms with E-state index in [0.717, 1.165) is 5.69 Å². The minimum atomic E-state index is -0.414. The molecule has 2 rings (SSSR count). The second kappa shape index (κ2) is 6.67. The molecule has 0 saturated carbocycles. The van der Waals surface area contributed by atoms with Crippen LogP contribution in [0.1, 0.15) is 12.1 Å². The van der Waals surface area contributed by atoms with Gasteiger partial charge in [0.05, 0.1) is 19.2 Å². The third kappa shape index (κ3) is 4.18. The number of carbonyl (C=O) groups is 1. The fraction of sp³-hybridized carbons (Fsp3) is 0.231. The lowest BCUT2D eigenvalue weighted by molar-refractivity contribution is -0.140. The van der Waals surface area contributed by atoms with E-state index in [1.54, 1.807) is 6.07 Å². The molecular weight excluding hydrogens is 303 g/mol. The molecule has 0 saturated heterocycles. The van der Waals surface area contributed by atoms with Gasteiger partial charge >= 0.3 is 5.97 Å². The number of aryl methyl sites for hydroxylation is 1. The van der Waals surface area contributed by atoms with Crippen molar-refractivity contribution < 1.29 is 13.9 Å². The number of methoxy groups -OCH3 is 1. The molecule has 0 unspecified atom stereocenters. The Morgan fingerprint density at radius 1 is 1.50 bits per heavy atom. The summed E-state index contributed by atoms with van der Waals surface area (Å²) in [5.41, 5.74) is 1.31. The van der Waals surface area contributed by atoms with E-state index in [4.69, 9.17) is 11.6 Å². The first-order valence-corrected chi connectivity index (χ1v) is 7.07. The molecule has 0 aliphatic rings. The lowest BCUT2D eigenvalue weighted by Gasteiger charge is -2.03. The number of ether oxygens (including phenoxy) is 1. The summed E-state index contributed by atoms with van der Waals surface area (Å²) >= 11 is 7.15. The summed E-state index contributed by atoms with van der Waals surface area (Å²) < 4.78 is 17.8. The molecule has 0 spiro atoms. The fourth-order valence-corrected chi connectivity index (χ4v) is 2.55. The summed E-state index contributed by atoms with van der Waals surface area (Å²) in [4.78, 5) is 15.3. The van der Waals surface area contributed by atoms with E-state index < -0.39 is 5.82 Å². The van der Waals surface area contributed by atoms with Gasteiger partial charge in [0.25, 0.3) is 0 Å². The van der Waals surface area contributed by atoms with Crippen LogP contribution in [-0.4, -0.2) is 18.1 Å². The molecule has 7 heteroatoms. The predicted molar refractivity (Wildman–Crippen MR) is 77.1 cm³/mol. The maximum Gasteiger partial charge on any atom is 0.305 e. The highest BCUT2D eigenvalue weighted by molar-refractivity contribution is 7.13. The molecule has 1 N–H and O–H groups in total. The molecule has 0 bridgehead atoms. The first-order chi connectivity index (χ1) is 9.56. The van der Waals surface area contributed by atoms with Crippen LogP contribution in [0.4, 0.5) is 15.2 Å². The van der Waals surface area contributed by atoms with Crippen molar-refractivity contribution >= 4 is 39.7 Å². The topological polar surface area (TPSA) is 51.2 Å². The van der Waals surface area contributed by atoms with E-state index in [0.29, 0.717) is 22.3 Å². The number of rotatable bonds is 5. The van der Waals surface area contributed by atoms with Crippen molar-refractivity contribution in [3.05, 3.63) is 40.1 Å². The van der Waals surface area contributed by atoms with E-state index >= 15 is 0 Å².